The molecule has 1 fully saturated rings. The SMILES string of the molecule is CC[C@H](C)NC(=O)[C@@H]1C[C@H](C)N(CC(=O)N2CCNC2=O)c2ccccc21. The van der Waals surface area contributed by atoms with E-state index in [4.69, 9.17) is 0 Å². The van der Waals surface area contributed by atoms with Gasteiger partial charge in [0.2, 0.25) is 11.8 Å². The molecule has 2 aliphatic heterocycles. The Kier molecular flexibility index (Phi) is 5.68. The molecule has 0 unspecified atom stereocenters. The van der Waals surface area contributed by atoms with Gasteiger partial charge in [-0.3, -0.25) is 14.5 Å². The maximum absolute atomic E-state index is 12.8. The third-order valence-electron chi connectivity index (χ3n) is 5.51. The number of amides is 4. The van der Waals surface area contributed by atoms with Gasteiger partial charge in [0, 0.05) is 30.9 Å². The molecule has 4 amide bonds. The molecule has 1 saturated heterocycles. The Morgan fingerprint density at radius 1 is 1.33 bits per heavy atom. The van der Waals surface area contributed by atoms with Crippen LogP contribution in [0, 0.1) is 0 Å². The molecular weight excluding hydrogens is 344 g/mol. The van der Waals surface area contributed by atoms with Gasteiger partial charge in [0.05, 0.1) is 12.5 Å². The van der Waals surface area contributed by atoms with Crippen molar-refractivity contribution in [3.63, 3.8) is 0 Å². The monoisotopic (exact) mass is 372 g/mol. The van der Waals surface area contributed by atoms with Gasteiger partial charge in [-0.05, 0) is 38.3 Å². The Morgan fingerprint density at radius 2 is 2.07 bits per heavy atom. The molecule has 27 heavy (non-hydrogen) atoms. The summed E-state index contributed by atoms with van der Waals surface area (Å²) in [5.41, 5.74) is 1.84. The van der Waals surface area contributed by atoms with Gasteiger partial charge < -0.3 is 15.5 Å². The lowest BCUT2D eigenvalue weighted by molar-refractivity contribution is -0.126. The third kappa shape index (κ3) is 3.91. The van der Waals surface area contributed by atoms with Crippen LogP contribution in [0.3, 0.4) is 0 Å². The van der Waals surface area contributed by atoms with Crippen LogP contribution in [0.15, 0.2) is 24.3 Å². The van der Waals surface area contributed by atoms with Crippen LogP contribution in [0.4, 0.5) is 10.5 Å². The smallest absolute Gasteiger partial charge is 0.324 e. The molecule has 7 heteroatoms. The molecule has 0 saturated carbocycles. The second-order valence-corrected chi connectivity index (χ2v) is 7.42. The average Bonchev–Trinajstić information content (AvgIpc) is 3.09. The summed E-state index contributed by atoms with van der Waals surface area (Å²) in [7, 11) is 0. The average molecular weight is 372 g/mol. The molecule has 3 atom stereocenters. The lowest BCUT2D eigenvalue weighted by atomic mass is 9.85. The van der Waals surface area contributed by atoms with Crippen LogP contribution >= 0.6 is 0 Å². The Labute approximate surface area is 160 Å². The van der Waals surface area contributed by atoms with Gasteiger partial charge in [-0.25, -0.2) is 4.79 Å². The molecule has 0 aromatic heterocycles. The fourth-order valence-corrected chi connectivity index (χ4v) is 3.75. The summed E-state index contributed by atoms with van der Waals surface area (Å²) in [4.78, 5) is 40.5. The second-order valence-electron chi connectivity index (χ2n) is 7.42. The van der Waals surface area contributed by atoms with Crippen LogP contribution in [0.2, 0.25) is 0 Å². The van der Waals surface area contributed by atoms with Gasteiger partial charge in [-0.15, -0.1) is 0 Å². The standard InChI is InChI=1S/C20H28N4O3/c1-4-13(2)22-19(26)16-11-14(3)24(17-8-6-5-7-15(16)17)12-18(25)23-10-9-21-20(23)27/h5-8,13-14,16H,4,9-12H2,1-3H3,(H,21,27)(H,22,26)/t13-,14-,16+/m0/s1. The van der Waals surface area contributed by atoms with Crippen molar-refractivity contribution in [1.29, 1.82) is 0 Å². The van der Waals surface area contributed by atoms with Crippen LogP contribution in [0.25, 0.3) is 0 Å². The first kappa shape index (κ1) is 19.2. The minimum atomic E-state index is -0.330. The number of rotatable bonds is 5. The molecule has 7 nitrogen and oxygen atoms in total. The zero-order valence-electron chi connectivity index (χ0n) is 16.2. The predicted octanol–water partition coefficient (Wildman–Crippen LogP) is 1.84. The summed E-state index contributed by atoms with van der Waals surface area (Å²) >= 11 is 0. The number of hydrogen-bond acceptors (Lipinski definition) is 4. The van der Waals surface area contributed by atoms with Crippen molar-refractivity contribution in [2.24, 2.45) is 0 Å². The van der Waals surface area contributed by atoms with Gasteiger partial charge in [-0.1, -0.05) is 25.1 Å². The number of carbonyl (C=O) groups excluding carboxylic acids is 3. The van der Waals surface area contributed by atoms with E-state index < -0.39 is 0 Å². The summed E-state index contributed by atoms with van der Waals surface area (Å²) in [6.07, 6.45) is 1.52. The minimum absolute atomic E-state index is 0.0159. The van der Waals surface area contributed by atoms with Crippen LogP contribution in [-0.4, -0.2) is 54.5 Å². The highest BCUT2D eigenvalue weighted by Crippen LogP contribution is 2.38. The van der Waals surface area contributed by atoms with Crippen LogP contribution < -0.4 is 15.5 Å². The third-order valence-corrected chi connectivity index (χ3v) is 5.51. The molecule has 0 spiro atoms. The topological polar surface area (TPSA) is 81.8 Å². The highest BCUT2D eigenvalue weighted by atomic mass is 16.2. The van der Waals surface area contributed by atoms with Crippen molar-refractivity contribution < 1.29 is 14.4 Å². The Balaban J connectivity index is 1.82. The number of benzene rings is 1. The molecule has 1 aromatic carbocycles. The van der Waals surface area contributed by atoms with E-state index in [2.05, 4.69) is 10.6 Å². The summed E-state index contributed by atoms with van der Waals surface area (Å²) in [5.74, 6) is -0.408. The Bertz CT molecular complexity index is 736. The normalized spacial score (nSPS) is 22.9. The number of nitrogens with one attached hydrogen (secondary N) is 2. The van der Waals surface area contributed by atoms with E-state index in [1.165, 1.54) is 4.90 Å². The summed E-state index contributed by atoms with van der Waals surface area (Å²) in [6.45, 7) is 7.10. The second kappa shape index (κ2) is 7.98. The molecule has 3 rings (SSSR count). The van der Waals surface area contributed by atoms with Crippen LogP contribution in [0.5, 0.6) is 0 Å². The van der Waals surface area contributed by atoms with Gasteiger partial charge in [0.15, 0.2) is 0 Å². The maximum Gasteiger partial charge on any atom is 0.324 e. The molecule has 0 bridgehead atoms. The van der Waals surface area contributed by atoms with Crippen molar-refractivity contribution in [3.8, 4) is 0 Å². The number of anilines is 1. The Morgan fingerprint density at radius 3 is 2.74 bits per heavy atom. The number of fused-ring (bicyclic) bond motifs is 1. The minimum Gasteiger partial charge on any atom is -0.359 e. The fraction of sp³-hybridized carbons (Fsp3) is 0.550. The quantitative estimate of drug-likeness (QED) is 0.826. The highest BCUT2D eigenvalue weighted by molar-refractivity contribution is 5.98. The van der Waals surface area contributed by atoms with E-state index in [0.717, 1.165) is 17.7 Å². The maximum atomic E-state index is 12.8. The van der Waals surface area contributed by atoms with E-state index in [9.17, 15) is 14.4 Å². The van der Waals surface area contributed by atoms with Gasteiger partial charge in [0.1, 0.15) is 0 Å². The molecule has 1 aromatic rings. The number of urea groups is 1. The molecular formula is C20H28N4O3. The fourth-order valence-electron chi connectivity index (χ4n) is 3.75. The van der Waals surface area contributed by atoms with Gasteiger partial charge in [-0.2, -0.15) is 0 Å². The molecule has 0 aliphatic carbocycles. The zero-order chi connectivity index (χ0) is 19.6. The number of carbonyl (C=O) groups is 3. The number of hydrogen-bond donors (Lipinski definition) is 2. The highest BCUT2D eigenvalue weighted by Gasteiger charge is 2.36. The molecule has 2 aliphatic rings. The first-order valence-corrected chi connectivity index (χ1v) is 9.66. The molecule has 146 valence electrons. The van der Waals surface area contributed by atoms with Gasteiger partial charge in [0.25, 0.3) is 0 Å². The van der Waals surface area contributed by atoms with E-state index in [-0.39, 0.29) is 42.4 Å². The molecule has 0 radical (unpaired) electrons. The van der Waals surface area contributed by atoms with Crippen LogP contribution in [0.1, 0.15) is 45.1 Å². The van der Waals surface area contributed by atoms with Gasteiger partial charge >= 0.3 is 6.03 Å². The van der Waals surface area contributed by atoms with E-state index in [1.54, 1.807) is 0 Å². The van der Waals surface area contributed by atoms with Crippen molar-refractivity contribution in [2.75, 3.05) is 24.5 Å². The van der Waals surface area contributed by atoms with Crippen molar-refractivity contribution in [1.82, 2.24) is 15.5 Å². The van der Waals surface area contributed by atoms with E-state index in [1.807, 2.05) is 49.9 Å². The van der Waals surface area contributed by atoms with Crippen LogP contribution in [-0.2, 0) is 9.59 Å². The Hall–Kier alpha value is -2.57. The van der Waals surface area contributed by atoms with Crippen molar-refractivity contribution in [2.45, 2.75) is 51.6 Å². The summed E-state index contributed by atoms with van der Waals surface area (Å²) < 4.78 is 0. The van der Waals surface area contributed by atoms with Crippen molar-refractivity contribution in [3.05, 3.63) is 29.8 Å². The number of imide groups is 1. The number of nitrogens with zero attached hydrogens (tertiary/aromatic N) is 2. The van der Waals surface area contributed by atoms with Crippen molar-refractivity contribution >= 4 is 23.5 Å². The lowest BCUT2D eigenvalue weighted by Crippen LogP contribution is -2.49. The predicted molar refractivity (Wildman–Crippen MR) is 104 cm³/mol. The summed E-state index contributed by atoms with van der Waals surface area (Å²) in [6, 6.07) is 7.57. The summed E-state index contributed by atoms with van der Waals surface area (Å²) in [5, 5.41) is 5.74. The first-order chi connectivity index (χ1) is 12.9. The molecule has 2 N–H and O–H groups in total. The zero-order valence-corrected chi connectivity index (χ0v) is 16.2. The first-order valence-electron chi connectivity index (χ1n) is 9.66. The number of para-hydroxylation sites is 1. The lowest BCUT2D eigenvalue weighted by Gasteiger charge is -2.40. The van der Waals surface area contributed by atoms with E-state index >= 15 is 0 Å². The molecule has 2 heterocycles. The largest absolute Gasteiger partial charge is 0.359 e. The van der Waals surface area contributed by atoms with E-state index in [0.29, 0.717) is 19.5 Å².